The van der Waals surface area contributed by atoms with Crippen LogP contribution in [-0.2, 0) is 11.3 Å². The van der Waals surface area contributed by atoms with E-state index in [9.17, 15) is 4.79 Å². The molecule has 0 spiro atoms. The fourth-order valence-electron chi connectivity index (χ4n) is 2.92. The van der Waals surface area contributed by atoms with Gasteiger partial charge in [0.1, 0.15) is 0 Å². The predicted octanol–water partition coefficient (Wildman–Crippen LogP) is 1.82. The third-order valence-electron chi connectivity index (χ3n) is 4.20. The summed E-state index contributed by atoms with van der Waals surface area (Å²) < 4.78 is 5.35. The van der Waals surface area contributed by atoms with Gasteiger partial charge < -0.3 is 9.42 Å². The number of carbonyl (C=O) groups is 1. The number of nitrogens with zero attached hydrogens (tertiary/aromatic N) is 5. The summed E-state index contributed by atoms with van der Waals surface area (Å²) in [6.07, 6.45) is 3.39. The fourth-order valence-corrected chi connectivity index (χ4v) is 2.92. The minimum atomic E-state index is -0.172. The number of carbonyl (C=O) groups excluding carboxylic acids is 1. The molecule has 7 nitrogen and oxygen atoms in total. The van der Waals surface area contributed by atoms with Gasteiger partial charge in [0.2, 0.25) is 17.6 Å². The molecule has 1 fully saturated rings. The molecule has 0 N–H and O–H groups in total. The quantitative estimate of drug-likeness (QED) is 0.833. The van der Waals surface area contributed by atoms with Crippen LogP contribution in [0.5, 0.6) is 0 Å². The Morgan fingerprint density at radius 2 is 2.04 bits per heavy atom. The molecule has 1 saturated heterocycles. The van der Waals surface area contributed by atoms with Gasteiger partial charge in [-0.3, -0.25) is 14.7 Å². The molecule has 1 atom stereocenters. The first-order valence-corrected chi connectivity index (χ1v) is 8.30. The van der Waals surface area contributed by atoms with Crippen LogP contribution < -0.4 is 0 Å². The Morgan fingerprint density at radius 3 is 2.75 bits per heavy atom. The summed E-state index contributed by atoms with van der Waals surface area (Å²) >= 11 is 0. The Labute approximate surface area is 141 Å². The van der Waals surface area contributed by atoms with E-state index in [1.807, 2.05) is 24.0 Å². The maximum atomic E-state index is 12.5. The second kappa shape index (κ2) is 7.09. The molecule has 1 unspecified atom stereocenters. The second-order valence-corrected chi connectivity index (χ2v) is 6.57. The maximum Gasteiger partial charge on any atom is 0.241 e. The summed E-state index contributed by atoms with van der Waals surface area (Å²) in [5, 5.41) is 4.01. The van der Waals surface area contributed by atoms with Crippen molar-refractivity contribution in [3.8, 4) is 11.4 Å². The molecule has 0 bridgehead atoms. The van der Waals surface area contributed by atoms with Crippen LogP contribution in [0.25, 0.3) is 11.4 Å². The Hall–Kier alpha value is -2.28. The van der Waals surface area contributed by atoms with Crippen LogP contribution in [0.1, 0.15) is 26.7 Å². The molecule has 2 aromatic heterocycles. The standard InChI is InChI=1S/C17H23N5O2/c1-12(2)10-22-9-8-21(13(3)17(22)23)11-15-19-16(20-24-15)14-4-6-18-7-5-14/h4-7,12-13H,8-11H2,1-3H3. The highest BCUT2D eigenvalue weighted by Gasteiger charge is 2.32. The van der Waals surface area contributed by atoms with E-state index in [0.29, 0.717) is 24.2 Å². The first kappa shape index (κ1) is 16.6. The Morgan fingerprint density at radius 1 is 1.29 bits per heavy atom. The fraction of sp³-hybridized carbons (Fsp3) is 0.529. The Kier molecular flexibility index (Phi) is 4.89. The first-order valence-electron chi connectivity index (χ1n) is 8.30. The molecule has 3 rings (SSSR count). The van der Waals surface area contributed by atoms with Crippen molar-refractivity contribution >= 4 is 5.91 Å². The van der Waals surface area contributed by atoms with Gasteiger partial charge in [0, 0.05) is 37.6 Å². The van der Waals surface area contributed by atoms with Crippen molar-refractivity contribution in [1.82, 2.24) is 24.9 Å². The lowest BCUT2D eigenvalue weighted by atomic mass is 10.1. The Balaban J connectivity index is 1.65. The van der Waals surface area contributed by atoms with Crippen LogP contribution in [0, 0.1) is 5.92 Å². The smallest absolute Gasteiger partial charge is 0.241 e. The summed E-state index contributed by atoms with van der Waals surface area (Å²) in [5.41, 5.74) is 0.867. The van der Waals surface area contributed by atoms with Crippen molar-refractivity contribution in [2.75, 3.05) is 19.6 Å². The minimum absolute atomic E-state index is 0.170. The van der Waals surface area contributed by atoms with E-state index in [-0.39, 0.29) is 11.9 Å². The van der Waals surface area contributed by atoms with Crippen molar-refractivity contribution in [3.63, 3.8) is 0 Å². The van der Waals surface area contributed by atoms with Crippen molar-refractivity contribution in [2.24, 2.45) is 5.92 Å². The molecule has 0 radical (unpaired) electrons. The van der Waals surface area contributed by atoms with E-state index in [1.54, 1.807) is 12.4 Å². The van der Waals surface area contributed by atoms with Gasteiger partial charge in [0.25, 0.3) is 0 Å². The third-order valence-corrected chi connectivity index (χ3v) is 4.20. The molecule has 0 saturated carbocycles. The van der Waals surface area contributed by atoms with E-state index in [4.69, 9.17) is 4.52 Å². The van der Waals surface area contributed by atoms with Gasteiger partial charge in [-0.15, -0.1) is 0 Å². The number of rotatable bonds is 5. The molecule has 7 heteroatoms. The molecular formula is C17H23N5O2. The first-order chi connectivity index (χ1) is 11.5. The SMILES string of the molecule is CC(C)CN1CCN(Cc2nc(-c3ccncc3)no2)C(C)C1=O. The zero-order valence-electron chi connectivity index (χ0n) is 14.3. The second-order valence-electron chi connectivity index (χ2n) is 6.57. The van der Waals surface area contributed by atoms with Crippen molar-refractivity contribution in [1.29, 1.82) is 0 Å². The summed E-state index contributed by atoms with van der Waals surface area (Å²) in [7, 11) is 0. The summed E-state index contributed by atoms with van der Waals surface area (Å²) in [5.74, 6) is 1.72. The third kappa shape index (κ3) is 3.62. The zero-order chi connectivity index (χ0) is 17.1. The van der Waals surface area contributed by atoms with E-state index in [2.05, 4.69) is 33.9 Å². The minimum Gasteiger partial charge on any atom is -0.340 e. The van der Waals surface area contributed by atoms with E-state index in [0.717, 1.165) is 25.2 Å². The van der Waals surface area contributed by atoms with Gasteiger partial charge in [-0.05, 0) is 25.0 Å². The lowest BCUT2D eigenvalue weighted by Gasteiger charge is -2.39. The topological polar surface area (TPSA) is 75.4 Å². The van der Waals surface area contributed by atoms with Crippen molar-refractivity contribution in [3.05, 3.63) is 30.4 Å². The van der Waals surface area contributed by atoms with Crippen molar-refractivity contribution in [2.45, 2.75) is 33.4 Å². The predicted molar refractivity (Wildman–Crippen MR) is 88.8 cm³/mol. The largest absolute Gasteiger partial charge is 0.340 e. The van der Waals surface area contributed by atoms with Gasteiger partial charge in [0.15, 0.2) is 0 Å². The summed E-state index contributed by atoms with van der Waals surface area (Å²) in [6, 6.07) is 3.51. The number of hydrogen-bond acceptors (Lipinski definition) is 6. The van der Waals surface area contributed by atoms with Crippen molar-refractivity contribution < 1.29 is 9.32 Å². The molecule has 3 heterocycles. The molecule has 1 amide bonds. The summed E-state index contributed by atoms with van der Waals surface area (Å²) in [4.78, 5) is 24.9. The van der Waals surface area contributed by atoms with Gasteiger partial charge in [0.05, 0.1) is 12.6 Å². The highest BCUT2D eigenvalue weighted by atomic mass is 16.5. The maximum absolute atomic E-state index is 12.5. The van der Waals surface area contributed by atoms with Crippen LogP contribution in [-0.4, -0.2) is 56.5 Å². The van der Waals surface area contributed by atoms with Gasteiger partial charge in [-0.1, -0.05) is 19.0 Å². The molecular weight excluding hydrogens is 306 g/mol. The van der Waals surface area contributed by atoms with E-state index < -0.39 is 0 Å². The number of aromatic nitrogens is 3. The molecule has 128 valence electrons. The highest BCUT2D eigenvalue weighted by molar-refractivity contribution is 5.82. The van der Waals surface area contributed by atoms with Crippen LogP contribution in [0.2, 0.25) is 0 Å². The van der Waals surface area contributed by atoms with Gasteiger partial charge in [-0.2, -0.15) is 4.98 Å². The van der Waals surface area contributed by atoms with Gasteiger partial charge in [-0.25, -0.2) is 0 Å². The lowest BCUT2D eigenvalue weighted by Crippen LogP contribution is -2.56. The number of pyridine rings is 1. The zero-order valence-corrected chi connectivity index (χ0v) is 14.3. The number of piperazine rings is 1. The van der Waals surface area contributed by atoms with Crippen LogP contribution in [0.3, 0.4) is 0 Å². The molecule has 0 aromatic carbocycles. The normalized spacial score (nSPS) is 19.2. The number of hydrogen-bond donors (Lipinski definition) is 0. The van der Waals surface area contributed by atoms with E-state index in [1.165, 1.54) is 0 Å². The molecule has 1 aliphatic heterocycles. The Bertz CT molecular complexity index is 685. The van der Waals surface area contributed by atoms with Crippen LogP contribution in [0.4, 0.5) is 0 Å². The molecule has 2 aromatic rings. The average Bonchev–Trinajstić information content (AvgIpc) is 3.04. The monoisotopic (exact) mass is 329 g/mol. The number of amides is 1. The summed E-state index contributed by atoms with van der Waals surface area (Å²) in [6.45, 7) is 9.05. The molecule has 24 heavy (non-hydrogen) atoms. The van der Waals surface area contributed by atoms with Gasteiger partial charge >= 0.3 is 0 Å². The van der Waals surface area contributed by atoms with Crippen LogP contribution in [0.15, 0.2) is 29.0 Å². The highest BCUT2D eigenvalue weighted by Crippen LogP contribution is 2.18. The lowest BCUT2D eigenvalue weighted by molar-refractivity contribution is -0.142. The van der Waals surface area contributed by atoms with E-state index >= 15 is 0 Å². The van der Waals surface area contributed by atoms with Crippen LogP contribution >= 0.6 is 0 Å². The molecule has 0 aliphatic carbocycles. The average molecular weight is 329 g/mol. The molecule has 1 aliphatic rings.